The molecule has 0 radical (unpaired) electrons. The highest BCUT2D eigenvalue weighted by molar-refractivity contribution is 5.77. The molecule has 5 nitrogen and oxygen atoms in total. The summed E-state index contributed by atoms with van der Waals surface area (Å²) in [5, 5.41) is 6.89. The molecule has 1 amide bonds. The highest BCUT2D eigenvalue weighted by atomic mass is 16.5. The van der Waals surface area contributed by atoms with E-state index in [1.807, 2.05) is 24.9 Å². The normalized spacial score (nSPS) is 19.9. The number of likely N-dealkylation sites (tertiary alicyclic amines) is 1. The van der Waals surface area contributed by atoms with Crippen LogP contribution in [0.25, 0.3) is 0 Å². The zero-order valence-electron chi connectivity index (χ0n) is 10.4. The van der Waals surface area contributed by atoms with Crippen LogP contribution in [0.3, 0.4) is 0 Å². The Bertz CT molecular complexity index is 389. The number of hydrogen-bond donors (Lipinski definition) is 1. The molecule has 1 aliphatic heterocycles. The van der Waals surface area contributed by atoms with Gasteiger partial charge in [0, 0.05) is 25.6 Å². The maximum atomic E-state index is 12.0. The van der Waals surface area contributed by atoms with Crippen LogP contribution in [0.5, 0.6) is 0 Å². The maximum absolute atomic E-state index is 12.0. The largest absolute Gasteiger partial charge is 0.359 e. The minimum absolute atomic E-state index is 0.0838. The van der Waals surface area contributed by atoms with Crippen molar-refractivity contribution in [1.29, 1.82) is 0 Å². The van der Waals surface area contributed by atoms with Gasteiger partial charge in [0.2, 0.25) is 5.91 Å². The van der Waals surface area contributed by atoms with E-state index < -0.39 is 0 Å². The second-order valence-electron chi connectivity index (χ2n) is 4.47. The van der Waals surface area contributed by atoms with E-state index in [0.717, 1.165) is 37.4 Å². The molecule has 1 aliphatic rings. The third-order valence-electron chi connectivity index (χ3n) is 3.14. The molecule has 1 fully saturated rings. The van der Waals surface area contributed by atoms with E-state index in [9.17, 15) is 4.79 Å². The minimum atomic E-state index is 0.0838. The van der Waals surface area contributed by atoms with E-state index in [1.165, 1.54) is 0 Å². The van der Waals surface area contributed by atoms with Crippen LogP contribution in [0.1, 0.15) is 36.8 Å². The fourth-order valence-corrected chi connectivity index (χ4v) is 2.28. The second-order valence-corrected chi connectivity index (χ2v) is 4.47. The first-order chi connectivity index (χ1) is 8.22. The van der Waals surface area contributed by atoms with Crippen LogP contribution in [0.4, 0.5) is 0 Å². The zero-order valence-corrected chi connectivity index (χ0v) is 10.4. The molecule has 0 bridgehead atoms. The molecule has 1 saturated heterocycles. The molecule has 0 spiro atoms. The molecule has 1 aromatic heterocycles. The predicted octanol–water partition coefficient (Wildman–Crippen LogP) is 1.26. The van der Waals surface area contributed by atoms with Gasteiger partial charge in [-0.2, -0.15) is 0 Å². The van der Waals surface area contributed by atoms with E-state index in [0.29, 0.717) is 6.42 Å². The Labute approximate surface area is 101 Å². The first-order valence-corrected chi connectivity index (χ1v) is 6.09. The third kappa shape index (κ3) is 2.66. The highest BCUT2D eigenvalue weighted by Crippen LogP contribution is 2.32. The lowest BCUT2D eigenvalue weighted by Crippen LogP contribution is -2.32. The van der Waals surface area contributed by atoms with Crippen molar-refractivity contribution in [3.8, 4) is 0 Å². The first kappa shape index (κ1) is 12.1. The standard InChI is InChI=1S/C12H19N3O2/c1-9-8-11(17-14-9)10-4-3-7-15(10)12(16)5-6-13-2/h8,10,13H,3-7H2,1-2H3. The predicted molar refractivity (Wildman–Crippen MR) is 63.5 cm³/mol. The number of rotatable bonds is 4. The molecule has 1 N–H and O–H groups in total. The van der Waals surface area contributed by atoms with Crippen molar-refractivity contribution in [3.05, 3.63) is 17.5 Å². The van der Waals surface area contributed by atoms with E-state index in [-0.39, 0.29) is 11.9 Å². The van der Waals surface area contributed by atoms with Crippen LogP contribution >= 0.6 is 0 Å². The maximum Gasteiger partial charge on any atom is 0.224 e. The molecular weight excluding hydrogens is 218 g/mol. The van der Waals surface area contributed by atoms with Gasteiger partial charge in [-0.3, -0.25) is 4.79 Å². The summed E-state index contributed by atoms with van der Waals surface area (Å²) in [7, 11) is 1.86. The van der Waals surface area contributed by atoms with Crippen molar-refractivity contribution in [3.63, 3.8) is 0 Å². The van der Waals surface area contributed by atoms with Crippen molar-refractivity contribution < 1.29 is 9.32 Å². The molecule has 1 unspecified atom stereocenters. The van der Waals surface area contributed by atoms with E-state index >= 15 is 0 Å². The fourth-order valence-electron chi connectivity index (χ4n) is 2.28. The summed E-state index contributed by atoms with van der Waals surface area (Å²) in [5.41, 5.74) is 0.870. The second kappa shape index (κ2) is 5.31. The van der Waals surface area contributed by atoms with Crippen LogP contribution in [-0.4, -0.2) is 36.1 Å². The van der Waals surface area contributed by atoms with E-state index in [4.69, 9.17) is 4.52 Å². The average molecular weight is 237 g/mol. The van der Waals surface area contributed by atoms with Crippen molar-refractivity contribution in [2.45, 2.75) is 32.2 Å². The molecule has 17 heavy (non-hydrogen) atoms. The number of aryl methyl sites for hydroxylation is 1. The minimum Gasteiger partial charge on any atom is -0.359 e. The summed E-state index contributed by atoms with van der Waals surface area (Å²) < 4.78 is 5.27. The van der Waals surface area contributed by atoms with Gasteiger partial charge in [0.1, 0.15) is 0 Å². The topological polar surface area (TPSA) is 58.4 Å². The monoisotopic (exact) mass is 237 g/mol. The number of carbonyl (C=O) groups is 1. The van der Waals surface area contributed by atoms with Gasteiger partial charge in [-0.15, -0.1) is 0 Å². The van der Waals surface area contributed by atoms with Gasteiger partial charge >= 0.3 is 0 Å². The van der Waals surface area contributed by atoms with Crippen molar-refractivity contribution in [2.75, 3.05) is 20.1 Å². The Kier molecular flexibility index (Phi) is 3.78. The molecule has 0 saturated carbocycles. The highest BCUT2D eigenvalue weighted by Gasteiger charge is 2.31. The number of nitrogens with zero attached hydrogens (tertiary/aromatic N) is 2. The fraction of sp³-hybridized carbons (Fsp3) is 0.667. The van der Waals surface area contributed by atoms with Crippen molar-refractivity contribution in [2.24, 2.45) is 0 Å². The number of aromatic nitrogens is 1. The Morgan fingerprint density at radius 3 is 3.18 bits per heavy atom. The molecule has 0 aliphatic carbocycles. The number of carbonyl (C=O) groups excluding carboxylic acids is 1. The third-order valence-corrected chi connectivity index (χ3v) is 3.14. The Balaban J connectivity index is 2.04. The first-order valence-electron chi connectivity index (χ1n) is 6.09. The summed E-state index contributed by atoms with van der Waals surface area (Å²) in [6.07, 6.45) is 2.55. The van der Waals surface area contributed by atoms with Gasteiger partial charge in [0.15, 0.2) is 5.76 Å². The quantitative estimate of drug-likeness (QED) is 0.856. The van der Waals surface area contributed by atoms with Gasteiger partial charge in [0.25, 0.3) is 0 Å². The summed E-state index contributed by atoms with van der Waals surface area (Å²) >= 11 is 0. The molecule has 0 aromatic carbocycles. The lowest BCUT2D eigenvalue weighted by atomic mass is 10.1. The number of nitrogens with one attached hydrogen (secondary N) is 1. The van der Waals surface area contributed by atoms with Crippen LogP contribution < -0.4 is 5.32 Å². The molecule has 2 heterocycles. The van der Waals surface area contributed by atoms with Crippen molar-refractivity contribution >= 4 is 5.91 Å². The summed E-state index contributed by atoms with van der Waals surface area (Å²) in [5.74, 6) is 1.01. The van der Waals surface area contributed by atoms with E-state index in [2.05, 4.69) is 10.5 Å². The lowest BCUT2D eigenvalue weighted by Gasteiger charge is -2.22. The molecule has 1 atom stereocenters. The molecular formula is C12H19N3O2. The summed E-state index contributed by atoms with van der Waals surface area (Å²) in [6, 6.07) is 2.01. The van der Waals surface area contributed by atoms with Crippen LogP contribution in [0.2, 0.25) is 0 Å². The smallest absolute Gasteiger partial charge is 0.224 e. The van der Waals surface area contributed by atoms with Crippen molar-refractivity contribution in [1.82, 2.24) is 15.4 Å². The van der Waals surface area contributed by atoms with Gasteiger partial charge in [-0.05, 0) is 26.8 Å². The Morgan fingerprint density at radius 2 is 2.53 bits per heavy atom. The number of hydrogen-bond acceptors (Lipinski definition) is 4. The average Bonchev–Trinajstić information content (AvgIpc) is 2.93. The molecule has 2 rings (SSSR count). The molecule has 5 heteroatoms. The zero-order chi connectivity index (χ0) is 12.3. The molecule has 1 aromatic rings. The SMILES string of the molecule is CNCCC(=O)N1CCCC1c1cc(C)no1. The Hall–Kier alpha value is -1.36. The van der Waals surface area contributed by atoms with Gasteiger partial charge < -0.3 is 14.7 Å². The van der Waals surface area contributed by atoms with Gasteiger partial charge in [-0.1, -0.05) is 5.16 Å². The van der Waals surface area contributed by atoms with Gasteiger partial charge in [-0.25, -0.2) is 0 Å². The molecule has 94 valence electrons. The van der Waals surface area contributed by atoms with Crippen LogP contribution in [-0.2, 0) is 4.79 Å². The van der Waals surface area contributed by atoms with Gasteiger partial charge in [0.05, 0.1) is 11.7 Å². The van der Waals surface area contributed by atoms with E-state index in [1.54, 1.807) is 0 Å². The summed E-state index contributed by atoms with van der Waals surface area (Å²) in [6.45, 7) is 3.44. The van der Waals surface area contributed by atoms with Crippen LogP contribution in [0, 0.1) is 6.92 Å². The number of amides is 1. The van der Waals surface area contributed by atoms with Crippen LogP contribution in [0.15, 0.2) is 10.6 Å². The summed E-state index contributed by atoms with van der Waals surface area (Å²) in [4.78, 5) is 13.9. The lowest BCUT2D eigenvalue weighted by molar-refractivity contribution is -0.132. The Morgan fingerprint density at radius 1 is 1.71 bits per heavy atom.